The van der Waals surface area contributed by atoms with E-state index >= 15 is 0 Å². The van der Waals surface area contributed by atoms with Gasteiger partial charge in [0.1, 0.15) is 18.1 Å². The molecule has 1 aliphatic rings. The van der Waals surface area contributed by atoms with Crippen LogP contribution >= 0.6 is 0 Å². The first-order chi connectivity index (χ1) is 14.5. The lowest BCUT2D eigenvalue weighted by molar-refractivity contribution is -0.124. The molecule has 0 saturated heterocycles. The number of carboxylic acids is 1. The highest BCUT2D eigenvalue weighted by molar-refractivity contribution is 5.86. The molecule has 1 saturated carbocycles. The molecule has 2 heterocycles. The summed E-state index contributed by atoms with van der Waals surface area (Å²) in [6.45, 7) is -0.592. The van der Waals surface area contributed by atoms with Crippen molar-refractivity contribution in [3.8, 4) is 17.0 Å². The number of halogens is 1. The van der Waals surface area contributed by atoms with Gasteiger partial charge in [-0.1, -0.05) is 17.3 Å². The van der Waals surface area contributed by atoms with Crippen LogP contribution in [0.4, 0.5) is 4.39 Å². The minimum absolute atomic E-state index is 0.138. The van der Waals surface area contributed by atoms with Crippen molar-refractivity contribution in [2.24, 2.45) is 0 Å². The fourth-order valence-electron chi connectivity index (χ4n) is 3.00. The molecule has 1 fully saturated rings. The van der Waals surface area contributed by atoms with Crippen molar-refractivity contribution in [1.29, 1.82) is 0 Å². The number of ether oxygens (including phenoxy) is 1. The van der Waals surface area contributed by atoms with Gasteiger partial charge < -0.3 is 19.6 Å². The number of carbonyl (C=O) groups excluding carboxylic acids is 1. The Kier molecular flexibility index (Phi) is 5.21. The Morgan fingerprint density at radius 3 is 2.90 bits per heavy atom. The Morgan fingerprint density at radius 2 is 2.17 bits per heavy atom. The minimum atomic E-state index is -1.15. The highest BCUT2D eigenvalue weighted by Crippen LogP contribution is 2.35. The van der Waals surface area contributed by atoms with Gasteiger partial charge in [0.2, 0.25) is 5.76 Å². The lowest BCUT2D eigenvalue weighted by atomic mass is 10.1. The minimum Gasteiger partial charge on any atom is -0.484 e. The fraction of sp³-hybridized carbons (Fsp3) is 0.300. The average Bonchev–Trinajstić information content (AvgIpc) is 3.13. The quantitative estimate of drug-likeness (QED) is 0.551. The number of nitrogens with one attached hydrogen (secondary N) is 1. The van der Waals surface area contributed by atoms with E-state index in [2.05, 4.69) is 15.6 Å². The Hall–Kier alpha value is -3.69. The number of carboxylic acid groups (broad SMARTS) is 1. The highest BCUT2D eigenvalue weighted by Gasteiger charge is 2.44. The third-order valence-electron chi connectivity index (χ3n) is 4.83. The van der Waals surface area contributed by atoms with Crippen molar-refractivity contribution in [3.63, 3.8) is 0 Å². The number of hydrogen-bond donors (Lipinski definition) is 2. The topological polar surface area (TPSA) is 119 Å². The van der Waals surface area contributed by atoms with Crippen molar-refractivity contribution in [3.05, 3.63) is 54.1 Å². The molecule has 0 bridgehead atoms. The molecule has 1 aliphatic carbocycles. The molecule has 156 valence electrons. The number of hydrogen-bond acceptors (Lipinski definition) is 6. The number of amides is 1. The first-order valence-corrected chi connectivity index (χ1v) is 9.28. The molecule has 0 unspecified atom stereocenters. The summed E-state index contributed by atoms with van der Waals surface area (Å²) in [4.78, 5) is 23.1. The van der Waals surface area contributed by atoms with Crippen LogP contribution < -0.4 is 10.1 Å². The lowest BCUT2D eigenvalue weighted by Gasteiger charge is -2.13. The van der Waals surface area contributed by atoms with Crippen LogP contribution in [0.15, 0.2) is 47.2 Å². The van der Waals surface area contributed by atoms with Gasteiger partial charge in [-0.15, -0.1) is 5.10 Å². The monoisotopic (exact) mass is 414 g/mol. The molecular weight excluding hydrogens is 395 g/mol. The maximum atomic E-state index is 12.9. The zero-order valence-electron chi connectivity index (χ0n) is 15.9. The van der Waals surface area contributed by atoms with Gasteiger partial charge in [-0.3, -0.25) is 4.79 Å². The van der Waals surface area contributed by atoms with Gasteiger partial charge in [-0.2, -0.15) is 0 Å². The second-order valence-electron chi connectivity index (χ2n) is 7.16. The van der Waals surface area contributed by atoms with E-state index in [1.807, 2.05) is 6.07 Å². The Balaban J connectivity index is 1.39. The highest BCUT2D eigenvalue weighted by atomic mass is 19.1. The number of furan rings is 1. The number of aromatic nitrogens is 3. The third-order valence-corrected chi connectivity index (χ3v) is 4.83. The molecule has 0 radical (unpaired) electrons. The summed E-state index contributed by atoms with van der Waals surface area (Å²) in [6.07, 6.45) is 4.27. The van der Waals surface area contributed by atoms with Gasteiger partial charge in [0.05, 0.1) is 24.5 Å². The van der Waals surface area contributed by atoms with E-state index in [9.17, 15) is 14.0 Å². The lowest BCUT2D eigenvalue weighted by Crippen LogP contribution is -2.41. The van der Waals surface area contributed by atoms with Gasteiger partial charge in [0.25, 0.3) is 5.91 Å². The first kappa shape index (κ1) is 19.6. The van der Waals surface area contributed by atoms with E-state index in [0.29, 0.717) is 35.4 Å². The van der Waals surface area contributed by atoms with Gasteiger partial charge in [0, 0.05) is 11.1 Å². The molecule has 10 heteroatoms. The second kappa shape index (κ2) is 7.97. The Morgan fingerprint density at radius 1 is 1.33 bits per heavy atom. The van der Waals surface area contributed by atoms with Crippen LogP contribution in [0.5, 0.6) is 5.75 Å². The van der Waals surface area contributed by atoms with E-state index in [4.69, 9.17) is 14.3 Å². The first-order valence-electron chi connectivity index (χ1n) is 9.28. The second-order valence-corrected chi connectivity index (χ2v) is 7.16. The average molecular weight is 414 g/mol. The van der Waals surface area contributed by atoms with Gasteiger partial charge in [0.15, 0.2) is 6.61 Å². The van der Waals surface area contributed by atoms with Gasteiger partial charge in [-0.05, 0) is 31.0 Å². The smallest absolute Gasteiger partial charge is 0.372 e. The van der Waals surface area contributed by atoms with Crippen LogP contribution in [0.3, 0.4) is 0 Å². The van der Waals surface area contributed by atoms with E-state index in [-0.39, 0.29) is 24.8 Å². The van der Waals surface area contributed by atoms with Crippen LogP contribution in [0, 0.1) is 0 Å². The largest absolute Gasteiger partial charge is 0.484 e. The number of nitrogens with zero attached hydrogens (tertiary/aromatic N) is 3. The van der Waals surface area contributed by atoms with Crippen LogP contribution in [-0.2, 0) is 11.3 Å². The number of aromatic carboxylic acids is 1. The molecule has 2 N–H and O–H groups in total. The molecular formula is C20H19FN4O5. The summed E-state index contributed by atoms with van der Waals surface area (Å²) in [6, 6.07) is 8.55. The molecule has 3 aromatic rings. The van der Waals surface area contributed by atoms with Crippen LogP contribution in [-0.4, -0.2) is 50.8 Å². The zero-order valence-corrected chi connectivity index (χ0v) is 15.9. The summed E-state index contributed by atoms with van der Waals surface area (Å²) in [5, 5.41) is 19.9. The standard InChI is InChI=1S/C20H19FN4O5/c21-12-20(5-6-20)22-17(26)11-30-15-3-1-2-13(8-15)16-10-25(24-23-16)9-14-4-7-29-18(14)19(27)28/h1-4,7-8,10H,5-6,9,11-12H2,(H,22,26)(H,27,28). The summed E-state index contributed by atoms with van der Waals surface area (Å²) >= 11 is 0. The Bertz CT molecular complexity index is 1070. The summed E-state index contributed by atoms with van der Waals surface area (Å²) in [7, 11) is 0. The predicted molar refractivity (Wildman–Crippen MR) is 102 cm³/mol. The number of benzene rings is 1. The molecule has 1 aromatic carbocycles. The van der Waals surface area contributed by atoms with Crippen molar-refractivity contribution in [1.82, 2.24) is 20.3 Å². The van der Waals surface area contributed by atoms with Crippen LogP contribution in [0.2, 0.25) is 0 Å². The zero-order chi connectivity index (χ0) is 21.1. The van der Waals surface area contributed by atoms with Gasteiger partial charge in [-0.25, -0.2) is 13.9 Å². The summed E-state index contributed by atoms with van der Waals surface area (Å²) in [5.74, 6) is -1.19. The molecule has 0 aliphatic heterocycles. The molecule has 0 spiro atoms. The predicted octanol–water partition coefficient (Wildman–Crippen LogP) is 2.28. The number of carbonyl (C=O) groups is 2. The maximum Gasteiger partial charge on any atom is 0.372 e. The molecule has 2 aromatic heterocycles. The number of alkyl halides is 1. The maximum absolute atomic E-state index is 12.9. The van der Waals surface area contributed by atoms with Crippen molar-refractivity contribution >= 4 is 11.9 Å². The number of rotatable bonds is 9. The molecule has 30 heavy (non-hydrogen) atoms. The van der Waals surface area contributed by atoms with Crippen molar-refractivity contribution in [2.75, 3.05) is 13.3 Å². The fourth-order valence-corrected chi connectivity index (χ4v) is 3.00. The molecule has 9 nitrogen and oxygen atoms in total. The molecule has 0 atom stereocenters. The molecule has 1 amide bonds. The van der Waals surface area contributed by atoms with E-state index in [1.54, 1.807) is 30.5 Å². The Labute approximate surface area is 170 Å². The van der Waals surface area contributed by atoms with E-state index < -0.39 is 18.2 Å². The van der Waals surface area contributed by atoms with E-state index in [0.717, 1.165) is 0 Å². The van der Waals surface area contributed by atoms with Crippen LogP contribution in [0.25, 0.3) is 11.3 Å². The summed E-state index contributed by atoms with van der Waals surface area (Å²) in [5.41, 5.74) is 1.05. The van der Waals surface area contributed by atoms with E-state index in [1.165, 1.54) is 10.9 Å². The van der Waals surface area contributed by atoms with Crippen molar-refractivity contribution in [2.45, 2.75) is 24.9 Å². The van der Waals surface area contributed by atoms with Gasteiger partial charge >= 0.3 is 5.97 Å². The normalized spacial score (nSPS) is 14.3. The van der Waals surface area contributed by atoms with Crippen molar-refractivity contribution < 1.29 is 28.2 Å². The molecule has 4 rings (SSSR count). The summed E-state index contributed by atoms with van der Waals surface area (Å²) < 4.78 is 24.9. The third kappa shape index (κ3) is 4.32. The SMILES string of the molecule is O=C(COc1cccc(-c2cn(Cc3ccoc3C(=O)O)nn2)c1)NC1(CF)CC1. The van der Waals surface area contributed by atoms with Crippen LogP contribution in [0.1, 0.15) is 29.0 Å².